The molecule has 2 heterocycles. The summed E-state index contributed by atoms with van der Waals surface area (Å²) in [5.74, 6) is 1.34. The largest absolute Gasteiger partial charge is 0.497 e. The molecule has 1 saturated heterocycles. The van der Waals surface area contributed by atoms with Crippen LogP contribution >= 0.6 is 0 Å². The molecule has 4 rings (SSSR count). The Morgan fingerprint density at radius 3 is 3.07 bits per heavy atom. The molecule has 1 aromatic heterocycles. The number of hydrogen-bond donors (Lipinski definition) is 1. The van der Waals surface area contributed by atoms with Crippen molar-refractivity contribution >= 4 is 16.8 Å². The minimum Gasteiger partial charge on any atom is -0.497 e. The highest BCUT2D eigenvalue weighted by molar-refractivity contribution is 5.98. The Morgan fingerprint density at radius 2 is 2.22 bits per heavy atom. The van der Waals surface area contributed by atoms with E-state index in [1.165, 1.54) is 12.1 Å². The molecule has 0 radical (unpaired) electrons. The number of aromatic amines is 1. The maximum Gasteiger partial charge on any atom is 0.167 e. The lowest BCUT2D eigenvalue weighted by Crippen LogP contribution is -2.38. The third kappa shape index (κ3) is 3.85. The van der Waals surface area contributed by atoms with E-state index in [1.807, 2.05) is 18.2 Å². The van der Waals surface area contributed by atoms with Gasteiger partial charge in [0.2, 0.25) is 0 Å². The summed E-state index contributed by atoms with van der Waals surface area (Å²) in [4.78, 5) is 22.8. The molecule has 0 spiro atoms. The van der Waals surface area contributed by atoms with Gasteiger partial charge in [-0.1, -0.05) is 12.1 Å². The third-order valence-corrected chi connectivity index (χ3v) is 5.10. The molecular weight excluding hydrogens is 345 g/mol. The van der Waals surface area contributed by atoms with E-state index in [0.717, 1.165) is 30.7 Å². The fraction of sp³-hybridized carbons (Fsp3) is 0.333. The van der Waals surface area contributed by atoms with E-state index in [1.54, 1.807) is 19.2 Å². The smallest absolute Gasteiger partial charge is 0.167 e. The van der Waals surface area contributed by atoms with Crippen molar-refractivity contribution in [3.05, 3.63) is 59.7 Å². The van der Waals surface area contributed by atoms with E-state index in [-0.39, 0.29) is 17.5 Å². The van der Waals surface area contributed by atoms with E-state index >= 15 is 0 Å². The second-order valence-corrected chi connectivity index (χ2v) is 7.02. The standard InChI is InChI=1S/C21H22FN3O2/c1-27-17-6-2-4-14(10-17)21(26)15-5-3-9-25(12-15)13-20-23-18-8-7-16(22)11-19(18)24-20/h2,4,6-8,10-11,15H,3,5,9,12-13H2,1H3,(H,23,24). The maximum absolute atomic E-state index is 13.4. The molecule has 1 atom stereocenters. The number of carbonyl (C=O) groups is 1. The van der Waals surface area contributed by atoms with Gasteiger partial charge in [0.25, 0.3) is 0 Å². The van der Waals surface area contributed by atoms with Gasteiger partial charge in [0.15, 0.2) is 5.78 Å². The number of ketones is 1. The predicted molar refractivity (Wildman–Crippen MR) is 101 cm³/mol. The van der Waals surface area contributed by atoms with Gasteiger partial charge in [-0.15, -0.1) is 0 Å². The Balaban J connectivity index is 1.46. The predicted octanol–water partition coefficient (Wildman–Crippen LogP) is 3.81. The molecule has 1 aliphatic heterocycles. The molecule has 0 bridgehead atoms. The van der Waals surface area contributed by atoms with Gasteiger partial charge < -0.3 is 9.72 Å². The van der Waals surface area contributed by atoms with Crippen molar-refractivity contribution in [2.75, 3.05) is 20.2 Å². The van der Waals surface area contributed by atoms with E-state index in [9.17, 15) is 9.18 Å². The van der Waals surface area contributed by atoms with Crippen LogP contribution in [0.3, 0.4) is 0 Å². The number of imidazole rings is 1. The van der Waals surface area contributed by atoms with Crippen LogP contribution in [0, 0.1) is 11.7 Å². The van der Waals surface area contributed by atoms with Gasteiger partial charge in [-0.25, -0.2) is 9.37 Å². The Morgan fingerprint density at radius 1 is 1.33 bits per heavy atom. The lowest BCUT2D eigenvalue weighted by molar-refractivity contribution is 0.0808. The lowest BCUT2D eigenvalue weighted by Gasteiger charge is -2.31. The number of Topliss-reactive ketones (excluding diaryl/α,β-unsaturated/α-hetero) is 1. The van der Waals surface area contributed by atoms with Crippen LogP contribution < -0.4 is 4.74 Å². The highest BCUT2D eigenvalue weighted by Crippen LogP contribution is 2.24. The summed E-state index contributed by atoms with van der Waals surface area (Å²) in [5.41, 5.74) is 2.15. The molecule has 6 heteroatoms. The summed E-state index contributed by atoms with van der Waals surface area (Å²) < 4.78 is 18.6. The molecule has 3 aromatic rings. The fourth-order valence-electron chi connectivity index (χ4n) is 3.75. The van der Waals surface area contributed by atoms with Gasteiger partial charge in [0.05, 0.1) is 24.7 Å². The van der Waals surface area contributed by atoms with Gasteiger partial charge in [-0.3, -0.25) is 9.69 Å². The van der Waals surface area contributed by atoms with Gasteiger partial charge >= 0.3 is 0 Å². The van der Waals surface area contributed by atoms with Crippen molar-refractivity contribution < 1.29 is 13.9 Å². The minimum absolute atomic E-state index is 0.0346. The Kier molecular flexibility index (Phi) is 4.90. The molecule has 1 fully saturated rings. The van der Waals surface area contributed by atoms with Gasteiger partial charge in [-0.05, 0) is 49.7 Å². The van der Waals surface area contributed by atoms with Crippen LogP contribution in [0.2, 0.25) is 0 Å². The van der Waals surface area contributed by atoms with E-state index in [2.05, 4.69) is 14.9 Å². The number of H-pyrrole nitrogens is 1. The normalized spacial score (nSPS) is 17.9. The second kappa shape index (κ2) is 7.48. The van der Waals surface area contributed by atoms with Crippen LogP contribution in [-0.4, -0.2) is 40.9 Å². The Labute approximate surface area is 157 Å². The molecule has 0 saturated carbocycles. The SMILES string of the molecule is COc1cccc(C(=O)C2CCCN(Cc3nc4ccc(F)cc4[nH]3)C2)c1. The highest BCUT2D eigenvalue weighted by Gasteiger charge is 2.27. The zero-order chi connectivity index (χ0) is 18.8. The molecule has 0 aliphatic carbocycles. The Hall–Kier alpha value is -2.73. The fourth-order valence-corrected chi connectivity index (χ4v) is 3.75. The van der Waals surface area contributed by atoms with Crippen LogP contribution in [0.4, 0.5) is 4.39 Å². The van der Waals surface area contributed by atoms with Crippen LogP contribution in [0.5, 0.6) is 5.75 Å². The average molecular weight is 367 g/mol. The van der Waals surface area contributed by atoms with Crippen molar-refractivity contribution in [1.29, 1.82) is 0 Å². The molecule has 1 aliphatic rings. The lowest BCUT2D eigenvalue weighted by atomic mass is 9.90. The van der Waals surface area contributed by atoms with Gasteiger partial charge in [0, 0.05) is 18.0 Å². The van der Waals surface area contributed by atoms with Crippen molar-refractivity contribution in [2.45, 2.75) is 19.4 Å². The number of ether oxygens (including phenoxy) is 1. The van der Waals surface area contributed by atoms with Gasteiger partial charge in [-0.2, -0.15) is 0 Å². The number of nitrogens with one attached hydrogen (secondary N) is 1. The molecular formula is C21H22FN3O2. The number of aromatic nitrogens is 2. The molecule has 1 N–H and O–H groups in total. The first-order valence-corrected chi connectivity index (χ1v) is 9.17. The third-order valence-electron chi connectivity index (χ3n) is 5.10. The minimum atomic E-state index is -0.278. The average Bonchev–Trinajstić information content (AvgIpc) is 3.09. The zero-order valence-electron chi connectivity index (χ0n) is 15.2. The number of benzene rings is 2. The first-order valence-electron chi connectivity index (χ1n) is 9.17. The maximum atomic E-state index is 13.4. The summed E-state index contributed by atoms with van der Waals surface area (Å²) in [5, 5.41) is 0. The van der Waals surface area contributed by atoms with Crippen LogP contribution in [-0.2, 0) is 6.54 Å². The monoisotopic (exact) mass is 367 g/mol. The van der Waals surface area contributed by atoms with Gasteiger partial charge in [0.1, 0.15) is 17.4 Å². The van der Waals surface area contributed by atoms with E-state index < -0.39 is 0 Å². The number of halogens is 1. The Bertz CT molecular complexity index is 969. The number of rotatable bonds is 5. The number of piperidine rings is 1. The second-order valence-electron chi connectivity index (χ2n) is 7.02. The highest BCUT2D eigenvalue weighted by atomic mass is 19.1. The number of fused-ring (bicyclic) bond motifs is 1. The summed E-state index contributed by atoms with van der Waals surface area (Å²) >= 11 is 0. The molecule has 27 heavy (non-hydrogen) atoms. The topological polar surface area (TPSA) is 58.2 Å². The van der Waals surface area contributed by atoms with Crippen molar-refractivity contribution in [3.63, 3.8) is 0 Å². The zero-order valence-corrected chi connectivity index (χ0v) is 15.2. The van der Waals surface area contributed by atoms with E-state index in [4.69, 9.17) is 4.74 Å². The van der Waals surface area contributed by atoms with E-state index in [0.29, 0.717) is 29.9 Å². The molecule has 1 unspecified atom stereocenters. The van der Waals surface area contributed by atoms with Crippen molar-refractivity contribution in [1.82, 2.24) is 14.9 Å². The molecule has 2 aromatic carbocycles. The first kappa shape index (κ1) is 17.7. The van der Waals surface area contributed by atoms with Crippen LogP contribution in [0.1, 0.15) is 29.0 Å². The van der Waals surface area contributed by atoms with Crippen LogP contribution in [0.15, 0.2) is 42.5 Å². The molecule has 0 amide bonds. The first-order chi connectivity index (χ1) is 13.1. The summed E-state index contributed by atoms with van der Waals surface area (Å²) in [6, 6.07) is 11.9. The summed E-state index contributed by atoms with van der Waals surface area (Å²) in [6.07, 6.45) is 1.85. The summed E-state index contributed by atoms with van der Waals surface area (Å²) in [7, 11) is 1.60. The number of methoxy groups -OCH3 is 1. The quantitative estimate of drug-likeness (QED) is 0.697. The number of nitrogens with zero attached hydrogens (tertiary/aromatic N) is 2. The van der Waals surface area contributed by atoms with Crippen molar-refractivity contribution in [3.8, 4) is 5.75 Å². The van der Waals surface area contributed by atoms with Crippen molar-refractivity contribution in [2.24, 2.45) is 5.92 Å². The van der Waals surface area contributed by atoms with Crippen LogP contribution in [0.25, 0.3) is 11.0 Å². The number of hydrogen-bond acceptors (Lipinski definition) is 4. The number of carbonyl (C=O) groups excluding carboxylic acids is 1. The summed E-state index contributed by atoms with van der Waals surface area (Å²) in [6.45, 7) is 2.24. The molecule has 140 valence electrons. The molecule has 5 nitrogen and oxygen atoms in total. The number of likely N-dealkylation sites (tertiary alicyclic amines) is 1.